The summed E-state index contributed by atoms with van der Waals surface area (Å²) in [5.41, 5.74) is 6.37. The van der Waals surface area contributed by atoms with Crippen molar-refractivity contribution >= 4 is 54.6 Å². The fourth-order valence-electron chi connectivity index (χ4n) is 5.61. The summed E-state index contributed by atoms with van der Waals surface area (Å²) in [7, 11) is 0. The summed E-state index contributed by atoms with van der Waals surface area (Å²) < 4.78 is 4.46. The fourth-order valence-corrected chi connectivity index (χ4v) is 5.61. The van der Waals surface area contributed by atoms with Crippen LogP contribution in [0.4, 0.5) is 0 Å². The number of para-hydroxylation sites is 2. The predicted octanol–water partition coefficient (Wildman–Crippen LogP) is 7.19. The van der Waals surface area contributed by atoms with Gasteiger partial charge in [-0.25, -0.2) is 9.97 Å². The van der Waals surface area contributed by atoms with Crippen molar-refractivity contribution in [2.75, 3.05) is 0 Å². The van der Waals surface area contributed by atoms with Gasteiger partial charge in [0.2, 0.25) is 0 Å². The van der Waals surface area contributed by atoms with Crippen molar-refractivity contribution < 1.29 is 0 Å². The Morgan fingerprint density at radius 1 is 0.429 bits per heavy atom. The van der Waals surface area contributed by atoms with E-state index in [1.54, 1.807) is 0 Å². The molecule has 4 aromatic heterocycles. The van der Waals surface area contributed by atoms with Gasteiger partial charge in [0.05, 0.1) is 22.4 Å². The average molecular weight is 449 g/mol. The van der Waals surface area contributed by atoms with E-state index in [2.05, 4.69) is 118 Å². The molecule has 0 amide bonds. The Morgan fingerprint density at radius 3 is 1.26 bits per heavy atom. The molecular weight excluding hydrogens is 428 g/mol. The zero-order chi connectivity index (χ0) is 22.9. The first-order valence-electron chi connectivity index (χ1n) is 11.9. The molecule has 0 saturated heterocycles. The zero-order valence-electron chi connectivity index (χ0n) is 18.9. The molecule has 0 N–H and O–H groups in total. The Labute approximate surface area is 200 Å². The first-order valence-corrected chi connectivity index (χ1v) is 11.9. The number of nitrogens with zero attached hydrogens (tertiary/aromatic N) is 4. The zero-order valence-corrected chi connectivity index (χ0v) is 18.9. The van der Waals surface area contributed by atoms with Crippen LogP contribution in [0.25, 0.3) is 54.6 Å². The summed E-state index contributed by atoms with van der Waals surface area (Å²) in [4.78, 5) is 10.2. The van der Waals surface area contributed by atoms with Crippen molar-refractivity contribution in [1.29, 1.82) is 0 Å². The smallest absolute Gasteiger partial charge is 0.145 e. The maximum atomic E-state index is 5.09. The first kappa shape index (κ1) is 18.7. The highest BCUT2D eigenvalue weighted by Gasteiger charge is 2.15. The van der Waals surface area contributed by atoms with Crippen molar-refractivity contribution in [2.45, 2.75) is 6.42 Å². The van der Waals surface area contributed by atoms with Gasteiger partial charge in [0, 0.05) is 40.4 Å². The molecule has 0 fully saturated rings. The van der Waals surface area contributed by atoms with E-state index in [0.29, 0.717) is 6.42 Å². The number of fused-ring (bicyclic) bond motifs is 12. The van der Waals surface area contributed by atoms with E-state index < -0.39 is 0 Å². The molecule has 4 heteroatoms. The number of pyridine rings is 2. The van der Waals surface area contributed by atoms with Crippen LogP contribution in [-0.2, 0) is 6.42 Å². The van der Waals surface area contributed by atoms with Crippen molar-refractivity contribution in [3.8, 4) is 0 Å². The van der Waals surface area contributed by atoms with Gasteiger partial charge >= 0.3 is 0 Å². The van der Waals surface area contributed by atoms with Crippen LogP contribution < -0.4 is 0 Å². The van der Waals surface area contributed by atoms with E-state index in [1.807, 2.05) is 0 Å². The average Bonchev–Trinajstić information content (AvgIpc) is 3.54. The van der Waals surface area contributed by atoms with Crippen LogP contribution in [0, 0.1) is 0 Å². The minimum absolute atomic E-state index is 0.675. The highest BCUT2D eigenvalue weighted by Crippen LogP contribution is 2.31. The summed E-state index contributed by atoms with van der Waals surface area (Å²) in [6.07, 6.45) is 5.02. The molecule has 8 aromatic rings. The second kappa shape index (κ2) is 6.90. The Morgan fingerprint density at radius 2 is 0.800 bits per heavy atom. The summed E-state index contributed by atoms with van der Waals surface area (Å²) in [5, 5.41) is 7.29. The molecule has 164 valence electrons. The number of rotatable bonds is 2. The Kier molecular flexibility index (Phi) is 3.69. The van der Waals surface area contributed by atoms with Crippen molar-refractivity contribution in [3.63, 3.8) is 0 Å². The topological polar surface area (TPSA) is 34.6 Å². The number of benzene rings is 4. The van der Waals surface area contributed by atoms with Gasteiger partial charge in [-0.15, -0.1) is 0 Å². The summed E-state index contributed by atoms with van der Waals surface area (Å²) in [6.45, 7) is 0. The lowest BCUT2D eigenvalue weighted by Gasteiger charge is -2.07. The van der Waals surface area contributed by atoms with Crippen LogP contribution in [0.3, 0.4) is 0 Å². The quantitative estimate of drug-likeness (QED) is 0.262. The number of aromatic nitrogens is 4. The lowest BCUT2D eigenvalue weighted by atomic mass is 10.1. The summed E-state index contributed by atoms with van der Waals surface area (Å²) in [5.74, 6) is 0. The lowest BCUT2D eigenvalue weighted by molar-refractivity contribution is 1.06. The number of hydrogen-bond acceptors (Lipinski definition) is 2. The lowest BCUT2D eigenvalue weighted by Crippen LogP contribution is -1.89. The van der Waals surface area contributed by atoms with Crippen LogP contribution in [-0.4, -0.2) is 18.8 Å². The van der Waals surface area contributed by atoms with E-state index in [-0.39, 0.29) is 0 Å². The molecule has 0 aliphatic heterocycles. The second-order valence-electron chi connectivity index (χ2n) is 9.15. The molecule has 4 aromatic carbocycles. The van der Waals surface area contributed by atoms with Crippen LogP contribution in [0.1, 0.15) is 11.4 Å². The minimum atomic E-state index is 0.675. The third-order valence-electron chi connectivity index (χ3n) is 7.12. The molecule has 0 aliphatic rings. The minimum Gasteiger partial charge on any atom is -0.299 e. The highest BCUT2D eigenvalue weighted by molar-refractivity contribution is 6.12. The molecule has 0 bridgehead atoms. The molecule has 0 unspecified atom stereocenters. The van der Waals surface area contributed by atoms with Gasteiger partial charge in [0.25, 0.3) is 0 Å². The van der Waals surface area contributed by atoms with Crippen molar-refractivity contribution in [1.82, 2.24) is 18.8 Å². The molecule has 4 nitrogen and oxygen atoms in total. The van der Waals surface area contributed by atoms with Gasteiger partial charge in [0.1, 0.15) is 11.3 Å². The second-order valence-corrected chi connectivity index (χ2v) is 9.15. The highest BCUT2D eigenvalue weighted by atomic mass is 15.0. The Balaban J connectivity index is 1.36. The van der Waals surface area contributed by atoms with Crippen LogP contribution in [0.2, 0.25) is 0 Å². The Hall–Kier alpha value is -4.70. The molecule has 35 heavy (non-hydrogen) atoms. The van der Waals surface area contributed by atoms with Crippen molar-refractivity contribution in [3.05, 3.63) is 121 Å². The third kappa shape index (κ3) is 2.62. The Bertz CT molecular complexity index is 1800. The molecule has 0 radical (unpaired) electrons. The molecule has 0 aliphatic carbocycles. The summed E-state index contributed by atoms with van der Waals surface area (Å²) >= 11 is 0. The largest absolute Gasteiger partial charge is 0.299 e. The van der Waals surface area contributed by atoms with Gasteiger partial charge in [0.15, 0.2) is 0 Å². The molecular formula is C31H20N4. The third-order valence-corrected chi connectivity index (χ3v) is 7.12. The van der Waals surface area contributed by atoms with Gasteiger partial charge in [-0.1, -0.05) is 84.9 Å². The number of hydrogen-bond donors (Lipinski definition) is 0. The summed E-state index contributed by atoms with van der Waals surface area (Å²) in [6, 6.07) is 34.2. The van der Waals surface area contributed by atoms with E-state index in [9.17, 15) is 0 Å². The van der Waals surface area contributed by atoms with E-state index in [4.69, 9.17) is 9.97 Å². The van der Waals surface area contributed by atoms with Gasteiger partial charge in [-0.3, -0.25) is 8.80 Å². The van der Waals surface area contributed by atoms with Crippen molar-refractivity contribution in [2.24, 2.45) is 0 Å². The standard InChI is InChI=1S/C31H20N4/c1-3-13-26-22(9-1)24-11-5-7-15-28(24)34-18-20(32-30(26)34)17-21-19-35-29-16-8-6-12-25(29)23-10-2-4-14-27(23)31(35)33-21/h1-16,18-19H,17H2. The van der Waals surface area contributed by atoms with Crippen LogP contribution in [0.5, 0.6) is 0 Å². The maximum absolute atomic E-state index is 5.09. The van der Waals surface area contributed by atoms with E-state index in [1.165, 1.54) is 43.4 Å². The van der Waals surface area contributed by atoms with E-state index >= 15 is 0 Å². The van der Waals surface area contributed by atoms with Gasteiger partial charge in [-0.05, 0) is 22.9 Å². The predicted molar refractivity (Wildman–Crippen MR) is 143 cm³/mol. The van der Waals surface area contributed by atoms with Crippen LogP contribution in [0.15, 0.2) is 109 Å². The van der Waals surface area contributed by atoms with Gasteiger partial charge < -0.3 is 0 Å². The normalized spacial score (nSPS) is 12.1. The molecule has 0 spiro atoms. The first-order chi connectivity index (χ1) is 17.3. The SMILES string of the molecule is c1ccc2c(c1)c1ccccc1n1cc(Cc3cn4c5ccccc5c5ccccc5c4n3)nc21. The van der Waals surface area contributed by atoms with Crippen LogP contribution >= 0.6 is 0 Å². The monoisotopic (exact) mass is 448 g/mol. The van der Waals surface area contributed by atoms with Gasteiger partial charge in [-0.2, -0.15) is 0 Å². The maximum Gasteiger partial charge on any atom is 0.145 e. The molecule has 0 atom stereocenters. The molecule has 8 rings (SSSR count). The fraction of sp³-hybridized carbons (Fsp3) is 0.0323. The van der Waals surface area contributed by atoms with E-state index in [0.717, 1.165) is 22.7 Å². The molecule has 0 saturated carbocycles. The number of imidazole rings is 2. The molecule has 4 heterocycles.